The first-order valence-corrected chi connectivity index (χ1v) is 5.46. The summed E-state index contributed by atoms with van der Waals surface area (Å²) in [5.74, 6) is -2.87. The Morgan fingerprint density at radius 1 is 1.33 bits per heavy atom. The molecule has 2 N–H and O–H groups in total. The van der Waals surface area contributed by atoms with Crippen LogP contribution in [0.2, 0.25) is 0 Å². The molecule has 1 aliphatic rings. The maximum atomic E-state index is 11.2. The molecule has 0 amide bonds. The number of esters is 1. The molecule has 1 heterocycles. The monoisotopic (exact) mass is 271 g/mol. The molecular weight excluding hydrogens is 255 g/mol. The van der Waals surface area contributed by atoms with Crippen LogP contribution in [0.5, 0.6) is 0 Å². The van der Waals surface area contributed by atoms with E-state index in [1.165, 1.54) is 6.92 Å². The number of alkyl halides is 3. The molecule has 1 aliphatic heterocycles. The van der Waals surface area contributed by atoms with Crippen molar-refractivity contribution in [2.75, 3.05) is 19.7 Å². The molecule has 1 rings (SSSR count). The van der Waals surface area contributed by atoms with Gasteiger partial charge in [0.15, 0.2) is 0 Å². The average Bonchev–Trinajstić information content (AvgIpc) is 2.30. The normalized spacial score (nSPS) is 16.4. The van der Waals surface area contributed by atoms with Gasteiger partial charge in [-0.3, -0.25) is 4.79 Å². The SMILES string of the molecule is CCOC(=O)C(F)(F)F.O=C(O)C1CCNCC1. The maximum Gasteiger partial charge on any atom is 0.490 e. The van der Waals surface area contributed by atoms with Gasteiger partial charge in [0.05, 0.1) is 12.5 Å². The number of hydrogen-bond acceptors (Lipinski definition) is 4. The van der Waals surface area contributed by atoms with E-state index in [0.29, 0.717) is 0 Å². The van der Waals surface area contributed by atoms with Gasteiger partial charge in [-0.15, -0.1) is 0 Å². The molecule has 18 heavy (non-hydrogen) atoms. The Kier molecular flexibility index (Phi) is 7.33. The molecule has 0 radical (unpaired) electrons. The van der Waals surface area contributed by atoms with Crippen LogP contribution in [0.25, 0.3) is 0 Å². The number of halogens is 3. The van der Waals surface area contributed by atoms with Gasteiger partial charge in [0.2, 0.25) is 0 Å². The van der Waals surface area contributed by atoms with E-state index in [1.807, 2.05) is 0 Å². The second-order valence-corrected chi connectivity index (χ2v) is 3.58. The first kappa shape index (κ1) is 16.7. The van der Waals surface area contributed by atoms with Crippen LogP contribution in [0.15, 0.2) is 0 Å². The van der Waals surface area contributed by atoms with Crippen LogP contribution in [0, 0.1) is 5.92 Å². The van der Waals surface area contributed by atoms with Crippen LogP contribution in [0.1, 0.15) is 19.8 Å². The molecule has 5 nitrogen and oxygen atoms in total. The lowest BCUT2D eigenvalue weighted by molar-refractivity contribution is -0.199. The van der Waals surface area contributed by atoms with E-state index in [4.69, 9.17) is 5.11 Å². The zero-order valence-corrected chi connectivity index (χ0v) is 9.92. The van der Waals surface area contributed by atoms with Gasteiger partial charge in [-0.2, -0.15) is 13.2 Å². The Labute approximate surface area is 102 Å². The van der Waals surface area contributed by atoms with Crippen molar-refractivity contribution in [3.05, 3.63) is 0 Å². The number of carbonyl (C=O) groups is 2. The van der Waals surface area contributed by atoms with Gasteiger partial charge in [0.25, 0.3) is 0 Å². The van der Waals surface area contributed by atoms with Crippen molar-refractivity contribution in [1.82, 2.24) is 5.32 Å². The minimum Gasteiger partial charge on any atom is -0.481 e. The summed E-state index contributed by atoms with van der Waals surface area (Å²) in [6.45, 7) is 2.77. The number of ether oxygens (including phenoxy) is 1. The van der Waals surface area contributed by atoms with Gasteiger partial charge in [-0.1, -0.05) is 0 Å². The molecule has 0 aromatic heterocycles. The fraction of sp³-hybridized carbons (Fsp3) is 0.800. The van der Waals surface area contributed by atoms with Crippen molar-refractivity contribution in [3.8, 4) is 0 Å². The first-order chi connectivity index (χ1) is 8.29. The molecule has 0 bridgehead atoms. The fourth-order valence-electron chi connectivity index (χ4n) is 1.28. The third-order valence-corrected chi connectivity index (χ3v) is 2.20. The number of piperidine rings is 1. The Bertz CT molecular complexity index is 275. The molecule has 1 fully saturated rings. The molecule has 106 valence electrons. The average molecular weight is 271 g/mol. The number of nitrogens with one attached hydrogen (secondary N) is 1. The van der Waals surface area contributed by atoms with Crippen LogP contribution >= 0.6 is 0 Å². The van der Waals surface area contributed by atoms with E-state index in [0.717, 1.165) is 25.9 Å². The smallest absolute Gasteiger partial charge is 0.481 e. The molecule has 0 aromatic rings. The standard InChI is InChI=1S/C6H11NO2.C4H5F3O2/c8-6(9)5-1-3-7-4-2-5;1-2-9-3(8)4(5,6)7/h5,7H,1-4H2,(H,8,9);2H2,1H3. The van der Waals surface area contributed by atoms with Gasteiger partial charge in [0.1, 0.15) is 0 Å². The lowest BCUT2D eigenvalue weighted by Crippen LogP contribution is -2.31. The summed E-state index contributed by atoms with van der Waals surface area (Å²) >= 11 is 0. The number of aliphatic carboxylic acids is 1. The predicted molar refractivity (Wildman–Crippen MR) is 55.9 cm³/mol. The maximum absolute atomic E-state index is 11.2. The van der Waals surface area contributed by atoms with Crippen molar-refractivity contribution >= 4 is 11.9 Å². The van der Waals surface area contributed by atoms with Gasteiger partial charge < -0.3 is 15.2 Å². The van der Waals surface area contributed by atoms with Gasteiger partial charge >= 0.3 is 18.1 Å². The van der Waals surface area contributed by atoms with E-state index >= 15 is 0 Å². The number of hydrogen-bond donors (Lipinski definition) is 2. The summed E-state index contributed by atoms with van der Waals surface area (Å²) in [6, 6.07) is 0. The van der Waals surface area contributed by atoms with Crippen molar-refractivity contribution in [2.24, 2.45) is 5.92 Å². The second-order valence-electron chi connectivity index (χ2n) is 3.58. The fourth-order valence-corrected chi connectivity index (χ4v) is 1.28. The molecule has 0 aliphatic carbocycles. The summed E-state index contributed by atoms with van der Waals surface area (Å²) in [6.07, 6.45) is -3.28. The lowest BCUT2D eigenvalue weighted by Gasteiger charge is -2.17. The van der Waals surface area contributed by atoms with Crippen molar-refractivity contribution in [3.63, 3.8) is 0 Å². The minimum atomic E-state index is -4.85. The van der Waals surface area contributed by atoms with Crippen LogP contribution in [0.3, 0.4) is 0 Å². The second kappa shape index (κ2) is 7.91. The molecule has 0 atom stereocenters. The highest BCUT2D eigenvalue weighted by atomic mass is 19.4. The Morgan fingerprint density at radius 3 is 2.06 bits per heavy atom. The van der Waals surface area contributed by atoms with Crippen molar-refractivity contribution in [2.45, 2.75) is 25.9 Å². The van der Waals surface area contributed by atoms with Gasteiger partial charge in [-0.25, -0.2) is 4.79 Å². The molecule has 0 aromatic carbocycles. The summed E-state index contributed by atoms with van der Waals surface area (Å²) in [5.41, 5.74) is 0. The quantitative estimate of drug-likeness (QED) is 0.738. The topological polar surface area (TPSA) is 75.6 Å². The van der Waals surface area contributed by atoms with E-state index in [-0.39, 0.29) is 12.5 Å². The number of carboxylic acids is 1. The highest BCUT2D eigenvalue weighted by Crippen LogP contribution is 2.15. The molecular formula is C10H16F3NO4. The van der Waals surface area contributed by atoms with Crippen LogP contribution in [0.4, 0.5) is 13.2 Å². The summed E-state index contributed by atoms with van der Waals surface area (Å²) in [5, 5.41) is 11.6. The molecule has 0 unspecified atom stereocenters. The first-order valence-electron chi connectivity index (χ1n) is 5.46. The van der Waals surface area contributed by atoms with Crippen molar-refractivity contribution < 1.29 is 32.6 Å². The molecule has 0 saturated carbocycles. The predicted octanol–water partition coefficient (Wildman–Crippen LogP) is 1.18. The third-order valence-electron chi connectivity index (χ3n) is 2.20. The number of rotatable bonds is 2. The highest BCUT2D eigenvalue weighted by Gasteiger charge is 2.40. The van der Waals surface area contributed by atoms with E-state index < -0.39 is 18.1 Å². The number of carboxylic acid groups (broad SMARTS) is 1. The van der Waals surface area contributed by atoms with E-state index in [9.17, 15) is 22.8 Å². The van der Waals surface area contributed by atoms with E-state index in [2.05, 4.69) is 10.1 Å². The zero-order chi connectivity index (χ0) is 14.2. The minimum absolute atomic E-state index is 0.0914. The zero-order valence-electron chi connectivity index (χ0n) is 9.92. The molecule has 1 saturated heterocycles. The Hall–Kier alpha value is -1.31. The van der Waals surface area contributed by atoms with Crippen LogP contribution < -0.4 is 5.32 Å². The lowest BCUT2D eigenvalue weighted by atomic mass is 9.99. The number of carbonyl (C=O) groups excluding carboxylic acids is 1. The van der Waals surface area contributed by atoms with Crippen LogP contribution in [-0.2, 0) is 14.3 Å². The van der Waals surface area contributed by atoms with Gasteiger partial charge in [0, 0.05) is 0 Å². The summed E-state index contributed by atoms with van der Waals surface area (Å²) in [4.78, 5) is 20.0. The Morgan fingerprint density at radius 2 is 1.83 bits per heavy atom. The molecule has 8 heteroatoms. The van der Waals surface area contributed by atoms with E-state index in [1.54, 1.807) is 0 Å². The third kappa shape index (κ3) is 7.10. The molecule has 0 spiro atoms. The summed E-state index contributed by atoms with van der Waals surface area (Å²) < 4.78 is 37.1. The van der Waals surface area contributed by atoms with Crippen LogP contribution in [-0.4, -0.2) is 42.9 Å². The van der Waals surface area contributed by atoms with Crippen molar-refractivity contribution in [1.29, 1.82) is 0 Å². The Balaban J connectivity index is 0.000000321. The summed E-state index contributed by atoms with van der Waals surface area (Å²) in [7, 11) is 0. The highest BCUT2D eigenvalue weighted by molar-refractivity contribution is 5.75. The largest absolute Gasteiger partial charge is 0.490 e. The van der Waals surface area contributed by atoms with Gasteiger partial charge in [-0.05, 0) is 32.9 Å².